The number of carbonyl (C=O) groups excluding carboxylic acids is 9. The highest BCUT2D eigenvalue weighted by molar-refractivity contribution is 7.92. The second-order valence-electron chi connectivity index (χ2n) is 32.2. The van der Waals surface area contributed by atoms with E-state index in [1.807, 2.05) is 0 Å². The lowest BCUT2D eigenvalue weighted by Gasteiger charge is -2.49. The molecule has 0 N–H and O–H groups in total. The predicted octanol–water partition coefficient (Wildman–Crippen LogP) is 15.2. The van der Waals surface area contributed by atoms with Gasteiger partial charge in [0.2, 0.25) is 0 Å². The molecule has 690 valence electrons. The summed E-state index contributed by atoms with van der Waals surface area (Å²) in [7, 11) is -6.55. The quantitative estimate of drug-likeness (QED) is 0.0225. The van der Waals surface area contributed by atoms with Gasteiger partial charge in [-0.25, -0.2) is 36.0 Å². The Balaban J connectivity index is 1.29. The van der Waals surface area contributed by atoms with E-state index in [2.05, 4.69) is 13.8 Å². The maximum atomic E-state index is 15.0. The van der Waals surface area contributed by atoms with Crippen LogP contribution < -0.4 is 4.74 Å². The van der Waals surface area contributed by atoms with Crippen LogP contribution >= 0.6 is 0 Å². The fourth-order valence-electron chi connectivity index (χ4n) is 15.3. The monoisotopic (exact) mass is 1780 g/mol. The minimum Gasteiger partial charge on any atom is -0.497 e. The number of benzene rings is 4. The summed E-state index contributed by atoms with van der Waals surface area (Å²) in [5.74, 6) is -11.3. The Morgan fingerprint density at radius 3 is 1.09 bits per heavy atom. The van der Waals surface area contributed by atoms with Gasteiger partial charge in [-0.3, -0.25) is 24.0 Å². The van der Waals surface area contributed by atoms with Crippen LogP contribution in [-0.4, -0.2) is 213 Å². The first kappa shape index (κ1) is 103. The molecular formula is C93H132O29S2. The summed E-state index contributed by atoms with van der Waals surface area (Å²) < 4.78 is 157. The molecule has 3 aliphatic heterocycles. The summed E-state index contributed by atoms with van der Waals surface area (Å²) in [5, 5.41) is 0. The first-order chi connectivity index (χ1) is 59.7. The Bertz CT molecular complexity index is 4010. The molecule has 4 aromatic rings. The first-order valence-electron chi connectivity index (χ1n) is 44.3. The van der Waals surface area contributed by atoms with E-state index in [1.165, 1.54) is 182 Å². The van der Waals surface area contributed by atoms with Crippen LogP contribution in [0.1, 0.15) is 276 Å². The maximum Gasteiger partial charge on any atom is 0.338 e. The highest BCUT2D eigenvalue weighted by atomic mass is 32.2. The Hall–Kier alpha value is -8.43. The molecule has 14 atom stereocenters. The van der Waals surface area contributed by atoms with Crippen molar-refractivity contribution in [2.75, 3.05) is 56.5 Å². The Kier molecular flexibility index (Phi) is 46.3. The van der Waals surface area contributed by atoms with Crippen LogP contribution in [0, 0.1) is 5.92 Å². The van der Waals surface area contributed by atoms with Gasteiger partial charge in [0.25, 0.3) is 0 Å². The molecular weight excluding hydrogens is 1650 g/mol. The zero-order chi connectivity index (χ0) is 89.7. The van der Waals surface area contributed by atoms with Gasteiger partial charge in [0, 0.05) is 47.0 Å². The van der Waals surface area contributed by atoms with E-state index in [4.69, 9.17) is 75.8 Å². The second-order valence-corrected chi connectivity index (χ2v) is 36.7. The number of hydrogen-bond donors (Lipinski definition) is 0. The van der Waals surface area contributed by atoms with Crippen LogP contribution in [0.2, 0.25) is 0 Å². The van der Waals surface area contributed by atoms with E-state index in [9.17, 15) is 50.4 Å². The Labute approximate surface area is 731 Å². The lowest BCUT2D eigenvalue weighted by atomic mass is 9.95. The van der Waals surface area contributed by atoms with Gasteiger partial charge in [-0.15, -0.1) is 0 Å². The fourth-order valence-corrected chi connectivity index (χ4v) is 19.0. The number of sulfone groups is 2. The highest BCUT2D eigenvalue weighted by Crippen LogP contribution is 2.39. The zero-order valence-corrected chi connectivity index (χ0v) is 75.1. The van der Waals surface area contributed by atoms with E-state index in [-0.39, 0.29) is 33.8 Å². The highest BCUT2D eigenvalue weighted by Gasteiger charge is 2.59. The van der Waals surface area contributed by atoms with E-state index in [0.717, 1.165) is 98.8 Å². The lowest BCUT2D eigenvalue weighted by molar-refractivity contribution is -0.370. The van der Waals surface area contributed by atoms with Crippen LogP contribution in [0.4, 0.5) is 0 Å². The predicted molar refractivity (Wildman–Crippen MR) is 458 cm³/mol. The smallest absolute Gasteiger partial charge is 0.338 e. The number of carbonyl (C=O) groups is 9. The van der Waals surface area contributed by atoms with Crippen molar-refractivity contribution in [1.82, 2.24) is 0 Å². The molecule has 3 aliphatic rings. The van der Waals surface area contributed by atoms with Crippen LogP contribution in [0.25, 0.3) is 0 Å². The van der Waals surface area contributed by atoms with E-state index in [0.29, 0.717) is 31.4 Å². The SMILES string of the molecule is CCCCCCCCCCCCCCCCS(=O)(=O)CC(CO[C@@H]1O[C@H](COC(=O)c2ccc(OC)cc2)[C@@H](O[C@@H]2O[C@H](COC(C)=O)[C@H](O[C@H]3O[C@H](COC(C)=O)[C@H](OC(C)=O)[C@H](OC(C)=O)[C@H]3OC(C)=O)[C@H](OC(=O)c3ccccc3)[C@H]2OC(=O)c2ccccc2)C[C@H]1OC(=O)c1ccccc1)CS(=O)(=O)CCCCCCCCCCCCCCCC. The van der Waals surface area contributed by atoms with Crippen molar-refractivity contribution in [1.29, 1.82) is 0 Å². The van der Waals surface area contributed by atoms with Crippen molar-refractivity contribution >= 4 is 73.4 Å². The van der Waals surface area contributed by atoms with Crippen LogP contribution in [-0.2, 0) is 115 Å². The van der Waals surface area contributed by atoms with Crippen molar-refractivity contribution in [3.8, 4) is 5.75 Å². The van der Waals surface area contributed by atoms with Gasteiger partial charge in [-0.2, -0.15) is 0 Å². The molecule has 0 bridgehead atoms. The number of rotatable bonds is 58. The molecule has 3 heterocycles. The number of unbranched alkanes of at least 4 members (excludes halogenated alkanes) is 26. The van der Waals surface area contributed by atoms with Gasteiger partial charge in [-0.05, 0) is 73.5 Å². The van der Waals surface area contributed by atoms with E-state index >= 15 is 9.59 Å². The van der Waals surface area contributed by atoms with Crippen molar-refractivity contribution in [3.05, 3.63) is 138 Å². The van der Waals surface area contributed by atoms with Crippen molar-refractivity contribution in [3.63, 3.8) is 0 Å². The minimum atomic E-state index is -3.99. The molecule has 29 nitrogen and oxygen atoms in total. The van der Waals surface area contributed by atoms with Gasteiger partial charge < -0.3 is 75.8 Å². The van der Waals surface area contributed by atoms with Crippen molar-refractivity contribution < 1.29 is 136 Å². The summed E-state index contributed by atoms with van der Waals surface area (Å²) >= 11 is 0. The summed E-state index contributed by atoms with van der Waals surface area (Å²) in [6, 6.07) is 28.6. The molecule has 124 heavy (non-hydrogen) atoms. The molecule has 3 fully saturated rings. The lowest BCUT2D eigenvalue weighted by Crippen LogP contribution is -2.68. The van der Waals surface area contributed by atoms with Gasteiger partial charge >= 0.3 is 53.7 Å². The molecule has 7 rings (SSSR count). The van der Waals surface area contributed by atoms with Crippen molar-refractivity contribution in [2.24, 2.45) is 5.92 Å². The Morgan fingerprint density at radius 2 is 0.677 bits per heavy atom. The number of ether oxygens (including phenoxy) is 16. The van der Waals surface area contributed by atoms with E-state index < -0.39 is 210 Å². The topological polar surface area (TPSA) is 370 Å². The maximum absolute atomic E-state index is 15.0. The van der Waals surface area contributed by atoms with Crippen LogP contribution in [0.15, 0.2) is 115 Å². The van der Waals surface area contributed by atoms with Gasteiger partial charge in [0.1, 0.15) is 50.0 Å². The van der Waals surface area contributed by atoms with Crippen LogP contribution in [0.5, 0.6) is 5.75 Å². The molecule has 31 heteroatoms. The average molecular weight is 1780 g/mol. The molecule has 0 radical (unpaired) electrons. The first-order valence-corrected chi connectivity index (χ1v) is 48.0. The van der Waals surface area contributed by atoms with Gasteiger partial charge in [0.15, 0.2) is 75.2 Å². The molecule has 0 aliphatic carbocycles. The second kappa shape index (κ2) is 55.9. The average Bonchev–Trinajstić information content (AvgIpc) is 0.759. The molecule has 3 saturated heterocycles. The van der Waals surface area contributed by atoms with Crippen LogP contribution in [0.3, 0.4) is 0 Å². The molecule has 0 saturated carbocycles. The molecule has 0 amide bonds. The van der Waals surface area contributed by atoms with Gasteiger partial charge in [0.05, 0.1) is 65.1 Å². The largest absolute Gasteiger partial charge is 0.497 e. The molecule has 0 aromatic heterocycles. The summed E-state index contributed by atoms with van der Waals surface area (Å²) in [6.07, 6.45) is 2.93. The summed E-state index contributed by atoms with van der Waals surface area (Å²) in [4.78, 5) is 124. The molecule has 0 spiro atoms. The molecule has 4 aromatic carbocycles. The fraction of sp³-hybridized carbons (Fsp3) is 0.645. The number of hydrogen-bond acceptors (Lipinski definition) is 29. The third kappa shape index (κ3) is 37.6. The summed E-state index contributed by atoms with van der Waals surface area (Å²) in [5.41, 5.74) is -0.108. The summed E-state index contributed by atoms with van der Waals surface area (Å²) in [6.45, 7) is 6.61. The standard InChI is InChI=1S/C93H132O29S2/c1-9-11-13-15-17-19-21-23-25-27-29-31-33-44-56-123(103,104)63-70(64-124(105,106)57-45-34-32-30-28-26-24-22-20-18-16-14-12-10-2)59-111-91-77(115-88(100)71-46-38-35-39-47-71)58-76(78(117-91)60-110-87(99)74-52-54-75(107-8)55-53-74)116-92-86(121-90(102)73-50-42-37-43-51-73)84(120-89(101)72-48-40-36-41-49-72)82(80(118-92)62-109-66(4)95)122-93-85(114-69(7)98)83(113-68(6)97)81(112-67(5)96)79(119-93)61-108-65(3)94/h35-43,46-55,70,76-86,91-93H,9-34,44-45,56-64H2,1-8H3/t76-,77+,78+,79+,80+,81-,82-,83-,84-,85+,86+,91+,92+,93+/m0/s1. The number of esters is 9. The van der Waals surface area contributed by atoms with E-state index in [1.54, 1.807) is 30.3 Å². The number of methoxy groups -OCH3 is 1. The van der Waals surface area contributed by atoms with Crippen molar-refractivity contribution in [2.45, 2.75) is 321 Å². The third-order valence-electron chi connectivity index (χ3n) is 21.7. The normalized spacial score (nSPS) is 22.0. The zero-order valence-electron chi connectivity index (χ0n) is 73.4. The third-order valence-corrected chi connectivity index (χ3v) is 25.4. The molecule has 0 unspecified atom stereocenters. The minimum absolute atomic E-state index is 0.0348. The van der Waals surface area contributed by atoms with Gasteiger partial charge in [-0.1, -0.05) is 235 Å². The Morgan fingerprint density at radius 1 is 0.339 bits per heavy atom.